The average molecular weight is 158 g/mol. The molecule has 0 fully saturated rings. The van der Waals surface area contributed by atoms with Gasteiger partial charge in [-0.3, -0.25) is 0 Å². The molecule has 0 aliphatic heterocycles. The Hall–Kier alpha value is 0.350. The van der Waals surface area contributed by atoms with E-state index < -0.39 is 0 Å². The van der Waals surface area contributed by atoms with E-state index in [0.29, 0.717) is 0 Å². The molecule has 0 aliphatic carbocycles. The minimum Gasteiger partial charge on any atom is -0.208 e. The normalized spacial score (nSPS) is 9.27. The summed E-state index contributed by atoms with van der Waals surface area (Å²) in [6.07, 6.45) is 3.87. The quantitative estimate of drug-likeness (QED) is 0.431. The monoisotopic (exact) mass is 158 g/mol. The van der Waals surface area contributed by atoms with Gasteiger partial charge in [-0.05, 0) is 0 Å². The molecule has 0 unspecified atom stereocenters. The molecule has 0 N–H and O–H groups in total. The Morgan fingerprint density at radius 2 is 2.18 bits per heavy atom. The van der Waals surface area contributed by atoms with E-state index in [4.69, 9.17) is 0 Å². The third-order valence-corrected chi connectivity index (χ3v) is 1.79. The minimum atomic E-state index is 0. The van der Waals surface area contributed by atoms with Gasteiger partial charge in [-0.1, -0.05) is 33.1 Å². The first-order valence-electron chi connectivity index (χ1n) is 4.05. The fourth-order valence-corrected chi connectivity index (χ4v) is 1.16. The van der Waals surface area contributed by atoms with E-state index in [1.165, 1.54) is 30.4 Å². The summed E-state index contributed by atoms with van der Waals surface area (Å²) in [5, 5.41) is 0. The van der Waals surface area contributed by atoms with Crippen molar-refractivity contribution in [2.45, 2.75) is 33.1 Å². The fourth-order valence-electron chi connectivity index (χ4n) is 1.16. The van der Waals surface area contributed by atoms with Crippen LogP contribution in [0.2, 0.25) is 0 Å². The van der Waals surface area contributed by atoms with Gasteiger partial charge in [-0.15, -0.1) is 0 Å². The van der Waals surface area contributed by atoms with Gasteiger partial charge in [0.25, 0.3) is 0 Å². The summed E-state index contributed by atoms with van der Waals surface area (Å²) in [6, 6.07) is 6.69. The summed E-state index contributed by atoms with van der Waals surface area (Å²) in [6.45, 7) is 4.38. The van der Waals surface area contributed by atoms with Gasteiger partial charge in [0.2, 0.25) is 0 Å². The van der Waals surface area contributed by atoms with Crippen LogP contribution in [0.4, 0.5) is 0 Å². The van der Waals surface area contributed by atoms with Crippen LogP contribution < -0.4 is 29.6 Å². The molecule has 0 bridgehead atoms. The van der Waals surface area contributed by atoms with E-state index >= 15 is 0 Å². The largest absolute Gasteiger partial charge is 1.00 e. The van der Waals surface area contributed by atoms with Crippen LogP contribution in [0.3, 0.4) is 0 Å². The maximum Gasteiger partial charge on any atom is 1.00 e. The van der Waals surface area contributed by atoms with Crippen molar-refractivity contribution in [2.24, 2.45) is 0 Å². The van der Waals surface area contributed by atoms with Crippen molar-refractivity contribution in [2.75, 3.05) is 0 Å². The predicted octanol–water partition coefficient (Wildman–Crippen LogP) is 0.0605. The second-order valence-corrected chi connectivity index (χ2v) is 2.90. The van der Waals surface area contributed by atoms with Crippen LogP contribution in [0, 0.1) is 6.92 Å². The van der Waals surface area contributed by atoms with Gasteiger partial charge in [0.15, 0.2) is 0 Å². The summed E-state index contributed by atoms with van der Waals surface area (Å²) >= 11 is 0. The van der Waals surface area contributed by atoms with E-state index in [-0.39, 0.29) is 29.6 Å². The molecular weight excluding hydrogens is 143 g/mol. The molecule has 0 saturated heterocycles. The predicted molar refractivity (Wildman–Crippen MR) is 45.4 cm³/mol. The van der Waals surface area contributed by atoms with E-state index in [1.807, 2.05) is 0 Å². The zero-order chi connectivity index (χ0) is 7.40. The fraction of sp³-hybridized carbons (Fsp3) is 0.500. The third kappa shape index (κ3) is 4.05. The molecule has 0 spiro atoms. The molecule has 1 aromatic rings. The zero-order valence-electron chi connectivity index (χ0n) is 7.85. The van der Waals surface area contributed by atoms with Gasteiger partial charge < -0.3 is 0 Å². The van der Waals surface area contributed by atoms with Crippen LogP contribution in [0.5, 0.6) is 0 Å². The summed E-state index contributed by atoms with van der Waals surface area (Å²) in [7, 11) is 0. The first kappa shape index (κ1) is 11.4. The van der Waals surface area contributed by atoms with Crippen LogP contribution >= 0.6 is 0 Å². The van der Waals surface area contributed by atoms with E-state index in [1.54, 1.807) is 0 Å². The summed E-state index contributed by atoms with van der Waals surface area (Å²) in [4.78, 5) is 0. The molecule has 0 atom stereocenters. The Kier molecular flexibility index (Phi) is 6.12. The van der Waals surface area contributed by atoms with Crippen molar-refractivity contribution in [3.8, 4) is 0 Å². The average Bonchev–Trinajstić information content (AvgIpc) is 2.31. The topological polar surface area (TPSA) is 0 Å². The number of rotatable bonds is 3. The molecule has 1 rings (SSSR count). The molecule has 1 heteroatoms. The Bertz CT molecular complexity index is 189. The van der Waals surface area contributed by atoms with Crippen LogP contribution in [-0.2, 0) is 6.42 Å². The number of aryl methyl sites for hydroxylation is 2. The maximum atomic E-state index is 2.27. The van der Waals surface area contributed by atoms with Gasteiger partial charge in [-0.2, -0.15) is 23.3 Å². The van der Waals surface area contributed by atoms with Gasteiger partial charge in [0.1, 0.15) is 0 Å². The summed E-state index contributed by atoms with van der Waals surface area (Å²) < 4.78 is 0. The van der Waals surface area contributed by atoms with Gasteiger partial charge >= 0.3 is 29.6 Å². The molecule has 56 valence electrons. The van der Waals surface area contributed by atoms with Crippen LogP contribution in [0.25, 0.3) is 0 Å². The van der Waals surface area contributed by atoms with Gasteiger partial charge in [0, 0.05) is 0 Å². The molecule has 0 amide bonds. The van der Waals surface area contributed by atoms with E-state index in [2.05, 4.69) is 32.0 Å². The van der Waals surface area contributed by atoms with Crippen molar-refractivity contribution >= 4 is 0 Å². The molecule has 0 saturated carbocycles. The van der Waals surface area contributed by atoms with E-state index in [0.717, 1.165) is 0 Å². The molecule has 0 aliphatic rings. The van der Waals surface area contributed by atoms with Crippen molar-refractivity contribution in [1.82, 2.24) is 0 Å². The van der Waals surface area contributed by atoms with Crippen molar-refractivity contribution in [3.05, 3.63) is 29.3 Å². The summed E-state index contributed by atoms with van der Waals surface area (Å²) in [5.74, 6) is 0. The van der Waals surface area contributed by atoms with Crippen LogP contribution in [0.15, 0.2) is 18.2 Å². The smallest absolute Gasteiger partial charge is 0.208 e. The SMILES string of the molecule is CCCCc1c[cH-]c(C)c1.[Na+]. The van der Waals surface area contributed by atoms with Crippen molar-refractivity contribution in [3.63, 3.8) is 0 Å². The van der Waals surface area contributed by atoms with Crippen LogP contribution in [0.1, 0.15) is 30.9 Å². The minimum absolute atomic E-state index is 0. The van der Waals surface area contributed by atoms with Gasteiger partial charge in [-0.25, -0.2) is 6.07 Å². The molecule has 0 aromatic heterocycles. The first-order chi connectivity index (χ1) is 4.83. The Balaban J connectivity index is 0.000001000. The molecule has 0 radical (unpaired) electrons. The zero-order valence-corrected chi connectivity index (χ0v) is 9.85. The first-order valence-corrected chi connectivity index (χ1v) is 4.05. The standard InChI is InChI=1S/C10H15.Na/c1-3-4-5-10-7-6-9(2)8-10;/h6-8H,3-5H2,1-2H3;/q-1;+1. The maximum absolute atomic E-state index is 2.27. The third-order valence-electron chi connectivity index (χ3n) is 1.79. The Morgan fingerprint density at radius 3 is 2.64 bits per heavy atom. The van der Waals surface area contributed by atoms with Crippen molar-refractivity contribution in [1.29, 1.82) is 0 Å². The molecule has 0 nitrogen and oxygen atoms in total. The van der Waals surface area contributed by atoms with Gasteiger partial charge in [0.05, 0.1) is 0 Å². The number of unbranched alkanes of at least 4 members (excludes halogenated alkanes) is 1. The Morgan fingerprint density at radius 1 is 1.45 bits per heavy atom. The molecule has 0 heterocycles. The molecular formula is C10H15Na. The second kappa shape index (κ2) is 5.93. The Labute approximate surface area is 91.7 Å². The van der Waals surface area contributed by atoms with E-state index in [9.17, 15) is 0 Å². The summed E-state index contributed by atoms with van der Waals surface area (Å²) in [5.41, 5.74) is 2.89. The second-order valence-electron chi connectivity index (χ2n) is 2.90. The molecule has 1 aromatic carbocycles. The van der Waals surface area contributed by atoms with Crippen LogP contribution in [-0.4, -0.2) is 0 Å². The van der Waals surface area contributed by atoms with Crippen molar-refractivity contribution < 1.29 is 29.6 Å². The molecule has 11 heavy (non-hydrogen) atoms. The number of hydrogen-bond donors (Lipinski definition) is 0. The number of hydrogen-bond acceptors (Lipinski definition) is 0.